The first-order chi connectivity index (χ1) is 13.3. The molecule has 0 spiro atoms. The van der Waals surface area contributed by atoms with Crippen molar-refractivity contribution in [3.05, 3.63) is 45.1 Å². The van der Waals surface area contributed by atoms with E-state index in [0.717, 1.165) is 54.0 Å². The maximum atomic E-state index is 6.06. The van der Waals surface area contributed by atoms with Gasteiger partial charge in [0.15, 0.2) is 0 Å². The number of benzene rings is 1. The molecule has 0 amide bonds. The Morgan fingerprint density at radius 2 is 1.75 bits per heavy atom. The van der Waals surface area contributed by atoms with Gasteiger partial charge in [-0.3, -0.25) is 10.3 Å². The molecule has 0 saturated heterocycles. The summed E-state index contributed by atoms with van der Waals surface area (Å²) in [6.45, 7) is 12.0. The van der Waals surface area contributed by atoms with Crippen LogP contribution in [0.25, 0.3) is 0 Å². The number of hydroxylamine groups is 1. The highest BCUT2D eigenvalue weighted by Crippen LogP contribution is 2.30. The summed E-state index contributed by atoms with van der Waals surface area (Å²) < 4.78 is 12.0. The van der Waals surface area contributed by atoms with E-state index < -0.39 is 0 Å². The maximum Gasteiger partial charge on any atom is 0.125 e. The molecule has 1 rings (SSSR count). The van der Waals surface area contributed by atoms with Crippen LogP contribution in [0.5, 0.6) is 11.5 Å². The number of ether oxygens (including phenoxy) is 2. The van der Waals surface area contributed by atoms with E-state index in [1.54, 1.807) is 6.08 Å². The van der Waals surface area contributed by atoms with Gasteiger partial charge >= 0.3 is 0 Å². The van der Waals surface area contributed by atoms with Gasteiger partial charge in [-0.25, -0.2) is 0 Å². The zero-order valence-electron chi connectivity index (χ0n) is 17.7. The topological polar surface area (TPSA) is 39.7 Å². The predicted octanol–water partition coefficient (Wildman–Crippen LogP) is 6.64. The summed E-state index contributed by atoms with van der Waals surface area (Å²) in [4.78, 5) is 5.45. The van der Waals surface area contributed by atoms with Crippen molar-refractivity contribution in [2.24, 2.45) is 0 Å². The van der Waals surface area contributed by atoms with Crippen LogP contribution in [-0.4, -0.2) is 19.8 Å². The number of nitrogens with one attached hydrogen (secondary N) is 1. The van der Waals surface area contributed by atoms with Crippen LogP contribution < -0.4 is 15.0 Å². The SMILES string of the molecule is CCc1cc(OCC=C(Cl)Cl)cc(C)c1OCCCCCONC(C)=C(C)C. The van der Waals surface area contributed by atoms with Crippen LogP contribution in [0.15, 0.2) is 34.0 Å². The Kier molecular flexibility index (Phi) is 12.1. The summed E-state index contributed by atoms with van der Waals surface area (Å²) in [5.41, 5.74) is 7.47. The largest absolute Gasteiger partial charge is 0.493 e. The number of unbranched alkanes of at least 4 members (excludes halogenated alkanes) is 2. The van der Waals surface area contributed by atoms with E-state index in [4.69, 9.17) is 37.5 Å². The minimum Gasteiger partial charge on any atom is -0.493 e. The van der Waals surface area contributed by atoms with Gasteiger partial charge in [-0.1, -0.05) is 35.7 Å². The van der Waals surface area contributed by atoms with Crippen LogP contribution in [0.2, 0.25) is 0 Å². The van der Waals surface area contributed by atoms with Crippen LogP contribution in [0.4, 0.5) is 0 Å². The molecule has 0 radical (unpaired) electrons. The Morgan fingerprint density at radius 3 is 2.39 bits per heavy atom. The third-order valence-electron chi connectivity index (χ3n) is 4.31. The third-order valence-corrected chi connectivity index (χ3v) is 4.61. The van der Waals surface area contributed by atoms with Crippen LogP contribution in [0.1, 0.15) is 58.1 Å². The number of aryl methyl sites for hydroxylation is 2. The average molecular weight is 430 g/mol. The van der Waals surface area contributed by atoms with Crippen LogP contribution in [0.3, 0.4) is 0 Å². The first-order valence-corrected chi connectivity index (χ1v) is 10.5. The molecular weight excluding hydrogens is 397 g/mol. The number of hydrogen-bond acceptors (Lipinski definition) is 4. The van der Waals surface area contributed by atoms with Gasteiger partial charge in [0.05, 0.1) is 13.2 Å². The summed E-state index contributed by atoms with van der Waals surface area (Å²) >= 11 is 11.2. The molecule has 0 heterocycles. The van der Waals surface area contributed by atoms with Gasteiger partial charge < -0.3 is 9.47 Å². The predicted molar refractivity (Wildman–Crippen MR) is 118 cm³/mol. The molecule has 1 aromatic carbocycles. The van der Waals surface area contributed by atoms with Crippen molar-refractivity contribution in [1.82, 2.24) is 5.48 Å². The summed E-state index contributed by atoms with van der Waals surface area (Å²) in [5.74, 6) is 1.75. The number of allylic oxidation sites excluding steroid dienone is 2. The van der Waals surface area contributed by atoms with E-state index in [-0.39, 0.29) is 4.49 Å². The van der Waals surface area contributed by atoms with Crippen molar-refractivity contribution in [1.29, 1.82) is 0 Å². The summed E-state index contributed by atoms with van der Waals surface area (Å²) in [5, 5.41) is 0. The van der Waals surface area contributed by atoms with Crippen LogP contribution in [-0.2, 0) is 11.3 Å². The molecule has 0 atom stereocenters. The number of hydrogen-bond donors (Lipinski definition) is 1. The molecule has 4 nitrogen and oxygen atoms in total. The van der Waals surface area contributed by atoms with Crippen molar-refractivity contribution in [3.63, 3.8) is 0 Å². The smallest absolute Gasteiger partial charge is 0.125 e. The minimum absolute atomic E-state index is 0.209. The molecule has 0 unspecified atom stereocenters. The molecule has 1 aromatic rings. The second-order valence-electron chi connectivity index (χ2n) is 6.87. The zero-order valence-corrected chi connectivity index (χ0v) is 19.2. The minimum atomic E-state index is 0.209. The quantitative estimate of drug-likeness (QED) is 0.281. The number of rotatable bonds is 13. The van der Waals surface area contributed by atoms with Crippen molar-refractivity contribution in [2.75, 3.05) is 19.8 Å². The fraction of sp³-hybridized carbons (Fsp3) is 0.545. The summed E-state index contributed by atoms with van der Waals surface area (Å²) in [6, 6.07) is 4.00. The fourth-order valence-electron chi connectivity index (χ4n) is 2.45. The van der Waals surface area contributed by atoms with E-state index in [0.29, 0.717) is 19.8 Å². The summed E-state index contributed by atoms with van der Waals surface area (Å²) in [7, 11) is 0. The molecule has 0 saturated carbocycles. The second-order valence-corrected chi connectivity index (χ2v) is 7.88. The first kappa shape index (κ1) is 24.7. The molecule has 1 N–H and O–H groups in total. The van der Waals surface area contributed by atoms with E-state index >= 15 is 0 Å². The third kappa shape index (κ3) is 9.72. The molecule has 0 aliphatic rings. The molecule has 28 heavy (non-hydrogen) atoms. The maximum absolute atomic E-state index is 6.06. The first-order valence-electron chi connectivity index (χ1n) is 9.77. The molecule has 0 aliphatic heterocycles. The Morgan fingerprint density at radius 1 is 1.04 bits per heavy atom. The lowest BCUT2D eigenvalue weighted by Crippen LogP contribution is -2.14. The van der Waals surface area contributed by atoms with Gasteiger partial charge in [0.1, 0.15) is 22.6 Å². The van der Waals surface area contributed by atoms with Gasteiger partial charge in [-0.15, -0.1) is 0 Å². The van der Waals surface area contributed by atoms with E-state index in [1.807, 2.05) is 26.0 Å². The normalized spacial score (nSPS) is 10.4. The van der Waals surface area contributed by atoms with Crippen LogP contribution >= 0.6 is 23.2 Å². The zero-order chi connectivity index (χ0) is 20.9. The second kappa shape index (κ2) is 13.8. The molecule has 0 aromatic heterocycles. The average Bonchev–Trinajstić information content (AvgIpc) is 2.64. The van der Waals surface area contributed by atoms with Crippen molar-refractivity contribution in [3.8, 4) is 11.5 Å². The fourth-order valence-corrected chi connectivity index (χ4v) is 2.58. The Bertz CT molecular complexity index is 664. The Balaban J connectivity index is 2.39. The van der Waals surface area contributed by atoms with Crippen molar-refractivity contribution in [2.45, 2.75) is 60.3 Å². The van der Waals surface area contributed by atoms with E-state index in [9.17, 15) is 0 Å². The lowest BCUT2D eigenvalue weighted by atomic mass is 10.1. The van der Waals surface area contributed by atoms with E-state index in [2.05, 4.69) is 26.3 Å². The number of halogens is 2. The molecule has 0 fully saturated rings. The van der Waals surface area contributed by atoms with Gasteiger partial charge in [0.2, 0.25) is 0 Å². The monoisotopic (exact) mass is 429 g/mol. The highest BCUT2D eigenvalue weighted by atomic mass is 35.5. The summed E-state index contributed by atoms with van der Waals surface area (Å²) in [6.07, 6.45) is 5.54. The standard InChI is InChI=1S/C22H33Cl2NO3/c1-6-19-15-20(26-13-10-21(23)24)14-17(4)22(19)27-11-8-7-9-12-28-25-18(5)16(2)3/h10,14-15,25H,6-9,11-13H2,1-5H3. The Hall–Kier alpha value is -1.36. The molecular formula is C22H33Cl2NO3. The lowest BCUT2D eigenvalue weighted by molar-refractivity contribution is 0.0587. The molecule has 6 heteroatoms. The lowest BCUT2D eigenvalue weighted by Gasteiger charge is -2.16. The molecule has 158 valence electrons. The highest BCUT2D eigenvalue weighted by molar-refractivity contribution is 6.55. The Labute approximate surface area is 179 Å². The van der Waals surface area contributed by atoms with Crippen LogP contribution in [0, 0.1) is 6.92 Å². The molecule has 0 bridgehead atoms. The molecule has 0 aliphatic carbocycles. The van der Waals surface area contributed by atoms with Gasteiger partial charge in [0.25, 0.3) is 0 Å². The van der Waals surface area contributed by atoms with Gasteiger partial charge in [-0.05, 0) is 82.7 Å². The van der Waals surface area contributed by atoms with Crippen molar-refractivity contribution < 1.29 is 14.3 Å². The van der Waals surface area contributed by atoms with E-state index in [1.165, 1.54) is 5.57 Å². The van der Waals surface area contributed by atoms with Gasteiger partial charge in [0, 0.05) is 5.70 Å². The van der Waals surface area contributed by atoms with Crippen molar-refractivity contribution >= 4 is 23.2 Å². The van der Waals surface area contributed by atoms with Gasteiger partial charge in [-0.2, -0.15) is 0 Å². The highest BCUT2D eigenvalue weighted by Gasteiger charge is 2.09.